The van der Waals surface area contributed by atoms with Gasteiger partial charge in [0, 0.05) is 29.4 Å². The quantitative estimate of drug-likeness (QED) is 0.393. The number of hydrogen-bond acceptors (Lipinski definition) is 10. The number of benzene rings is 2. The van der Waals surface area contributed by atoms with Gasteiger partial charge in [-0.05, 0) is 17.7 Å². The zero-order valence-electron chi connectivity index (χ0n) is 16.6. The van der Waals surface area contributed by atoms with Crippen molar-refractivity contribution in [3.05, 3.63) is 41.5 Å². The van der Waals surface area contributed by atoms with Crippen molar-refractivity contribution in [3.63, 3.8) is 0 Å². The molecule has 0 aliphatic carbocycles. The number of rotatable bonds is 3. The van der Waals surface area contributed by atoms with E-state index in [1.165, 1.54) is 30.3 Å². The topological polar surface area (TPSA) is 135 Å². The van der Waals surface area contributed by atoms with Gasteiger partial charge >= 0.3 is 6.72 Å². The number of aromatic hydroxyl groups is 3. The second-order valence-electron chi connectivity index (χ2n) is 8.16. The third-order valence-corrected chi connectivity index (χ3v) is 7.06. The summed E-state index contributed by atoms with van der Waals surface area (Å²) in [4.78, 5) is 12.7. The average Bonchev–Trinajstić information content (AvgIpc) is 2.69. The normalized spacial score (nSPS) is 24.2. The largest absolute Gasteiger partial charge is 0.507 e. The van der Waals surface area contributed by atoms with Crippen LogP contribution in [0.3, 0.4) is 0 Å². The summed E-state index contributed by atoms with van der Waals surface area (Å²) in [6, 6.07) is 6.32. The van der Waals surface area contributed by atoms with E-state index in [0.717, 1.165) is 0 Å². The predicted molar refractivity (Wildman–Crippen MR) is 112 cm³/mol. The minimum Gasteiger partial charge on any atom is -0.507 e. The number of Topliss-reactive ketones (excluding diaryl/α,β-unsaturated/α-hetero) is 1. The third kappa shape index (κ3) is 4.22. The van der Waals surface area contributed by atoms with E-state index in [0.29, 0.717) is 13.2 Å². The molecule has 166 valence electrons. The van der Waals surface area contributed by atoms with Crippen LogP contribution in [-0.4, -0.2) is 45.5 Å². The van der Waals surface area contributed by atoms with Crippen LogP contribution in [0.1, 0.15) is 35.9 Å². The molecule has 31 heavy (non-hydrogen) atoms. The Bertz CT molecular complexity index is 1090. The fourth-order valence-corrected chi connectivity index (χ4v) is 5.33. The Kier molecular flexibility index (Phi) is 5.39. The van der Waals surface area contributed by atoms with Crippen LogP contribution < -0.4 is 9.26 Å². The summed E-state index contributed by atoms with van der Waals surface area (Å²) in [5.41, 5.74) is -0.165. The first-order valence-electron chi connectivity index (χ1n) is 9.35. The number of hydrogen-bond donors (Lipinski definition) is 4. The highest BCUT2D eigenvalue weighted by atomic mass is 32.5. The molecule has 0 amide bonds. The van der Waals surface area contributed by atoms with Crippen LogP contribution in [0.2, 0.25) is 0 Å². The van der Waals surface area contributed by atoms with Crippen LogP contribution in [0.15, 0.2) is 30.3 Å². The van der Waals surface area contributed by atoms with Crippen molar-refractivity contribution < 1.29 is 43.5 Å². The number of phenols is 3. The van der Waals surface area contributed by atoms with Crippen LogP contribution >= 0.6 is 6.72 Å². The van der Waals surface area contributed by atoms with Crippen molar-refractivity contribution >= 4 is 24.3 Å². The van der Waals surface area contributed by atoms with E-state index < -0.39 is 36.2 Å². The molecular formula is C20H21O9PS. The lowest BCUT2D eigenvalue weighted by atomic mass is 9.92. The maximum absolute atomic E-state index is 12.7. The Morgan fingerprint density at radius 3 is 2.39 bits per heavy atom. The molecule has 1 saturated heterocycles. The fraction of sp³-hybridized carbons (Fsp3) is 0.350. The maximum atomic E-state index is 12.7. The van der Waals surface area contributed by atoms with Crippen LogP contribution in [0.5, 0.6) is 28.7 Å². The molecule has 2 aliphatic rings. The van der Waals surface area contributed by atoms with Crippen molar-refractivity contribution in [1.82, 2.24) is 0 Å². The van der Waals surface area contributed by atoms with Gasteiger partial charge in [0.05, 0.1) is 13.2 Å². The highest BCUT2D eigenvalue weighted by Gasteiger charge is 2.40. The second-order valence-corrected chi connectivity index (χ2v) is 11.1. The number of carbonyl (C=O) groups is 1. The molecule has 11 heteroatoms. The van der Waals surface area contributed by atoms with Crippen molar-refractivity contribution in [2.45, 2.75) is 26.1 Å². The lowest BCUT2D eigenvalue weighted by Gasteiger charge is -2.35. The molecule has 0 aromatic heterocycles. The summed E-state index contributed by atoms with van der Waals surface area (Å²) < 4.78 is 22.7. The van der Waals surface area contributed by atoms with Crippen molar-refractivity contribution in [3.8, 4) is 28.7 Å². The average molecular weight is 468 g/mol. The van der Waals surface area contributed by atoms with Crippen molar-refractivity contribution in [2.24, 2.45) is 5.41 Å². The Morgan fingerprint density at radius 1 is 1.06 bits per heavy atom. The lowest BCUT2D eigenvalue weighted by Crippen LogP contribution is -2.36. The summed E-state index contributed by atoms with van der Waals surface area (Å²) in [7, 11) is 0. The molecule has 2 atom stereocenters. The number of aliphatic hydroxyl groups is 1. The Labute approximate surface area is 183 Å². The van der Waals surface area contributed by atoms with Gasteiger partial charge < -0.3 is 29.7 Å². The molecule has 2 aliphatic heterocycles. The molecule has 0 saturated carbocycles. The highest BCUT2D eigenvalue weighted by molar-refractivity contribution is 8.07. The number of fused-ring (bicyclic) bond motifs is 1. The number of aliphatic hydroxyl groups excluding tert-OH is 1. The zero-order chi connectivity index (χ0) is 22.6. The predicted octanol–water partition coefficient (Wildman–Crippen LogP) is 3.16. The van der Waals surface area contributed by atoms with Crippen LogP contribution in [-0.2, 0) is 20.9 Å². The van der Waals surface area contributed by atoms with Gasteiger partial charge in [-0.2, -0.15) is 0 Å². The van der Waals surface area contributed by atoms with Gasteiger partial charge in [-0.25, -0.2) is 0 Å². The molecule has 0 radical (unpaired) electrons. The summed E-state index contributed by atoms with van der Waals surface area (Å²) in [5, 5.41) is 40.1. The van der Waals surface area contributed by atoms with Crippen molar-refractivity contribution in [1.29, 1.82) is 0 Å². The molecule has 9 nitrogen and oxygen atoms in total. The second kappa shape index (κ2) is 7.65. The maximum Gasteiger partial charge on any atom is 0.380 e. The van der Waals surface area contributed by atoms with Crippen LogP contribution in [0.25, 0.3) is 0 Å². The molecule has 2 aromatic carbocycles. The van der Waals surface area contributed by atoms with Crippen LogP contribution in [0, 0.1) is 5.41 Å². The molecule has 2 unspecified atom stereocenters. The van der Waals surface area contributed by atoms with Crippen LogP contribution in [0.4, 0.5) is 0 Å². The lowest BCUT2D eigenvalue weighted by molar-refractivity contribution is 0.0209. The first kappa shape index (κ1) is 21.9. The molecule has 2 aromatic rings. The summed E-state index contributed by atoms with van der Waals surface area (Å²) in [6.07, 6.45) is -2.82. The molecule has 4 rings (SSSR count). The van der Waals surface area contributed by atoms with Gasteiger partial charge in [0.1, 0.15) is 22.8 Å². The number of ketones is 1. The van der Waals surface area contributed by atoms with E-state index in [-0.39, 0.29) is 33.8 Å². The monoisotopic (exact) mass is 468 g/mol. The summed E-state index contributed by atoms with van der Waals surface area (Å²) in [5.74, 6) is -1.97. The first-order valence-corrected chi connectivity index (χ1v) is 11.9. The van der Waals surface area contributed by atoms with Gasteiger partial charge in [0.2, 0.25) is 5.78 Å². The van der Waals surface area contributed by atoms with E-state index in [1.54, 1.807) is 0 Å². The van der Waals surface area contributed by atoms with E-state index in [1.807, 2.05) is 13.8 Å². The number of phenolic OH excluding ortho intramolecular Hbond substituents is 3. The molecule has 2 heterocycles. The Balaban J connectivity index is 1.65. The smallest absolute Gasteiger partial charge is 0.380 e. The Morgan fingerprint density at radius 2 is 1.74 bits per heavy atom. The van der Waals surface area contributed by atoms with E-state index >= 15 is 0 Å². The number of ether oxygens (including phenoxy) is 1. The molecular weight excluding hydrogens is 447 g/mol. The minimum atomic E-state index is -3.11. The molecule has 0 spiro atoms. The van der Waals surface area contributed by atoms with E-state index in [9.17, 15) is 25.2 Å². The molecule has 0 bridgehead atoms. The Hall–Kier alpha value is -2.36. The van der Waals surface area contributed by atoms with Gasteiger partial charge in [-0.3, -0.25) is 13.8 Å². The summed E-state index contributed by atoms with van der Waals surface area (Å²) in [6.45, 7) is 1.49. The minimum absolute atomic E-state index is 0.0400. The molecule has 1 fully saturated rings. The third-order valence-electron chi connectivity index (χ3n) is 4.88. The molecule has 4 N–H and O–H groups in total. The summed E-state index contributed by atoms with van der Waals surface area (Å²) >= 11 is 5.37. The number of carbonyl (C=O) groups excluding carboxylic acids is 1. The first-order chi connectivity index (χ1) is 14.5. The van der Waals surface area contributed by atoms with Gasteiger partial charge in [0.15, 0.2) is 23.7 Å². The highest BCUT2D eigenvalue weighted by Crippen LogP contribution is 2.56. The fourth-order valence-electron chi connectivity index (χ4n) is 3.19. The standard InChI is InChI=1S/C20H21O9PS/c1-20(2)8-26-30(31,27-9-20)29-11-6-14(23)16-15(7-11)28-19(18(25)17(16)24)10-3-4-12(21)13(22)5-10/h3-7,18-19,21-23,25H,8-9H2,1-2H3. The van der Waals surface area contributed by atoms with E-state index in [2.05, 4.69) is 0 Å². The zero-order valence-corrected chi connectivity index (χ0v) is 18.4. The van der Waals surface area contributed by atoms with Gasteiger partial charge in [-0.1, -0.05) is 19.9 Å². The van der Waals surface area contributed by atoms with Crippen molar-refractivity contribution in [2.75, 3.05) is 13.2 Å². The SMILES string of the molecule is CC1(C)COP(=S)(Oc2cc(O)c3c(c2)OC(c2ccc(O)c(O)c2)C(O)C3=O)OC1. The van der Waals surface area contributed by atoms with E-state index in [4.69, 9.17) is 30.1 Å². The van der Waals surface area contributed by atoms with Gasteiger partial charge in [-0.15, -0.1) is 0 Å². The van der Waals surface area contributed by atoms with Gasteiger partial charge in [0.25, 0.3) is 0 Å².